The summed E-state index contributed by atoms with van der Waals surface area (Å²) in [6, 6.07) is 6.38. The Morgan fingerprint density at radius 2 is 1.86 bits per heavy atom. The number of ether oxygens (including phenoxy) is 1. The normalized spacial score (nSPS) is 15.4. The number of rotatable bonds is 8. The fourth-order valence-corrected chi connectivity index (χ4v) is 4.67. The number of carbonyl (C=O) groups is 1. The van der Waals surface area contributed by atoms with Gasteiger partial charge in [0.25, 0.3) is 0 Å². The summed E-state index contributed by atoms with van der Waals surface area (Å²) in [5.41, 5.74) is 1.02. The lowest BCUT2D eigenvalue weighted by atomic mass is 9.95. The first kappa shape index (κ1) is 25.7. The molecule has 2 aromatic heterocycles. The zero-order chi connectivity index (χ0) is 26.0. The van der Waals surface area contributed by atoms with Crippen molar-refractivity contribution in [2.24, 2.45) is 0 Å². The van der Waals surface area contributed by atoms with Crippen molar-refractivity contribution in [2.75, 3.05) is 50.1 Å². The van der Waals surface area contributed by atoms with E-state index in [9.17, 15) is 14.3 Å². The zero-order valence-electron chi connectivity index (χ0n) is 21.6. The molecule has 10 heteroatoms. The molecule has 1 atom stereocenters. The number of methoxy groups -OCH3 is 1. The number of nitrogens with one attached hydrogen (secondary N) is 1. The Labute approximate surface area is 210 Å². The van der Waals surface area contributed by atoms with Gasteiger partial charge in [0.2, 0.25) is 17.7 Å². The van der Waals surface area contributed by atoms with Crippen LogP contribution in [0, 0.1) is 5.82 Å². The minimum Gasteiger partial charge on any atom is -0.493 e. The highest BCUT2D eigenvalue weighted by molar-refractivity contribution is 5.94. The van der Waals surface area contributed by atoms with E-state index < -0.39 is 5.54 Å². The lowest BCUT2D eigenvalue weighted by Crippen LogP contribution is -2.48. The van der Waals surface area contributed by atoms with Gasteiger partial charge in [-0.3, -0.25) is 4.79 Å². The molecular weight excluding hydrogens is 463 g/mol. The number of piperazine rings is 1. The Hall–Kier alpha value is -3.40. The average Bonchev–Trinajstić information content (AvgIpc) is 3.17. The third-order valence-corrected chi connectivity index (χ3v) is 6.57. The first-order valence-electron chi connectivity index (χ1n) is 12.2. The molecule has 3 aromatic rings. The van der Waals surface area contributed by atoms with Crippen LogP contribution in [0.25, 0.3) is 10.9 Å². The Bertz CT molecular complexity index is 1220. The second-order valence-electron chi connectivity index (χ2n) is 10.1. The van der Waals surface area contributed by atoms with Gasteiger partial charge < -0.3 is 29.5 Å². The molecule has 1 amide bonds. The molecule has 1 aliphatic rings. The van der Waals surface area contributed by atoms with E-state index in [2.05, 4.69) is 19.2 Å². The predicted octanol–water partition coefficient (Wildman–Crippen LogP) is 3.59. The summed E-state index contributed by atoms with van der Waals surface area (Å²) in [4.78, 5) is 25.2. The molecule has 2 N–H and O–H groups in total. The molecule has 1 unspecified atom stereocenters. The number of anilines is 2. The lowest BCUT2D eigenvalue weighted by Gasteiger charge is -2.34. The van der Waals surface area contributed by atoms with Crippen LogP contribution in [-0.4, -0.2) is 75.9 Å². The van der Waals surface area contributed by atoms with Crippen molar-refractivity contribution in [1.82, 2.24) is 19.4 Å². The van der Waals surface area contributed by atoms with Crippen molar-refractivity contribution in [3.8, 4) is 5.88 Å². The topological polar surface area (TPSA) is 95.8 Å². The summed E-state index contributed by atoms with van der Waals surface area (Å²) in [6.45, 7) is 10.5. The average molecular weight is 499 g/mol. The van der Waals surface area contributed by atoms with Gasteiger partial charge in [0.1, 0.15) is 17.2 Å². The van der Waals surface area contributed by atoms with Crippen LogP contribution in [0.2, 0.25) is 0 Å². The van der Waals surface area contributed by atoms with Crippen molar-refractivity contribution >= 4 is 28.6 Å². The van der Waals surface area contributed by atoms with Crippen LogP contribution in [-0.2, 0) is 16.0 Å². The number of nitrogens with zero attached hydrogens (tertiary/aromatic N) is 5. The fraction of sp³-hybridized carbons (Fsp3) is 0.500. The minimum atomic E-state index is -0.431. The number of hydrogen-bond donors (Lipinski definition) is 2. The van der Waals surface area contributed by atoms with Gasteiger partial charge in [0.15, 0.2) is 0 Å². The Kier molecular flexibility index (Phi) is 7.35. The van der Waals surface area contributed by atoms with E-state index >= 15 is 0 Å². The molecule has 0 spiro atoms. The highest BCUT2D eigenvalue weighted by Crippen LogP contribution is 2.35. The lowest BCUT2D eigenvalue weighted by molar-refractivity contribution is -0.129. The first-order valence-corrected chi connectivity index (χ1v) is 12.2. The van der Waals surface area contributed by atoms with Gasteiger partial charge >= 0.3 is 0 Å². The van der Waals surface area contributed by atoms with Crippen LogP contribution < -0.4 is 10.2 Å². The molecule has 1 aromatic carbocycles. The van der Waals surface area contributed by atoms with Crippen LogP contribution in [0.5, 0.6) is 5.88 Å². The molecule has 3 heterocycles. The summed E-state index contributed by atoms with van der Waals surface area (Å²) in [5, 5.41) is 15.3. The molecule has 194 valence electrons. The fourth-order valence-electron chi connectivity index (χ4n) is 4.67. The molecule has 9 nitrogen and oxygen atoms in total. The second-order valence-corrected chi connectivity index (χ2v) is 10.1. The molecule has 1 saturated heterocycles. The standard InChI is InChI=1S/C26H35FN6O3/c1-17(16-36-5)33-15-21-22(24(33)35)28-25(32-12-10-31(11-13-32)18(2)34)29-23(21)30-26(3,4)14-19-6-8-20(27)9-7-19/h6-9,15,17,35H,10-14,16H2,1-5H3,(H,28,29,30). The van der Waals surface area contributed by atoms with Crippen LogP contribution in [0.3, 0.4) is 0 Å². The molecule has 1 fully saturated rings. The number of amides is 1. The molecule has 1 aliphatic heterocycles. The molecule has 36 heavy (non-hydrogen) atoms. The quantitative estimate of drug-likeness (QED) is 0.490. The van der Waals surface area contributed by atoms with Crippen molar-refractivity contribution in [3.63, 3.8) is 0 Å². The van der Waals surface area contributed by atoms with Crippen molar-refractivity contribution < 1.29 is 19.0 Å². The number of benzene rings is 1. The second kappa shape index (κ2) is 10.3. The number of carbonyl (C=O) groups excluding carboxylic acids is 1. The molecule has 0 radical (unpaired) electrons. The van der Waals surface area contributed by atoms with E-state index in [0.29, 0.717) is 61.9 Å². The van der Waals surface area contributed by atoms with Crippen LogP contribution >= 0.6 is 0 Å². The highest BCUT2D eigenvalue weighted by atomic mass is 19.1. The summed E-state index contributed by atoms with van der Waals surface area (Å²) in [5.74, 6) is 0.948. The predicted molar refractivity (Wildman–Crippen MR) is 138 cm³/mol. The monoisotopic (exact) mass is 498 g/mol. The largest absolute Gasteiger partial charge is 0.493 e. The Morgan fingerprint density at radius 3 is 2.47 bits per heavy atom. The van der Waals surface area contributed by atoms with Gasteiger partial charge in [-0.05, 0) is 44.9 Å². The van der Waals surface area contributed by atoms with Crippen LogP contribution in [0.1, 0.15) is 39.3 Å². The zero-order valence-corrected chi connectivity index (χ0v) is 21.6. The van der Waals surface area contributed by atoms with E-state index in [1.54, 1.807) is 35.6 Å². The molecule has 0 saturated carbocycles. The SMILES string of the molecule is COCC(C)n1cc2c(NC(C)(C)Cc3ccc(F)cc3)nc(N3CCN(C(C)=O)CC3)nc2c1O. The van der Waals surface area contributed by atoms with E-state index in [4.69, 9.17) is 14.7 Å². The van der Waals surface area contributed by atoms with Crippen molar-refractivity contribution in [1.29, 1.82) is 0 Å². The van der Waals surface area contributed by atoms with Gasteiger partial charge in [0.05, 0.1) is 18.0 Å². The summed E-state index contributed by atoms with van der Waals surface area (Å²) in [6.07, 6.45) is 2.49. The molecule has 0 bridgehead atoms. The molecule has 0 aliphatic carbocycles. The van der Waals surface area contributed by atoms with Crippen molar-refractivity contribution in [3.05, 3.63) is 41.8 Å². The van der Waals surface area contributed by atoms with Gasteiger partial charge in [0, 0.05) is 51.9 Å². The van der Waals surface area contributed by atoms with E-state index in [1.165, 1.54) is 12.1 Å². The number of halogens is 1. The third kappa shape index (κ3) is 5.53. The number of hydrogen-bond acceptors (Lipinski definition) is 7. The molecular formula is C26H35FN6O3. The maximum Gasteiger partial charge on any atom is 0.228 e. The van der Waals surface area contributed by atoms with Gasteiger partial charge in [-0.15, -0.1) is 0 Å². The highest BCUT2D eigenvalue weighted by Gasteiger charge is 2.27. The first-order chi connectivity index (χ1) is 17.1. The minimum absolute atomic E-state index is 0.0535. The van der Waals surface area contributed by atoms with Crippen molar-refractivity contribution in [2.45, 2.75) is 45.7 Å². The van der Waals surface area contributed by atoms with Gasteiger partial charge in [-0.1, -0.05) is 12.1 Å². The van der Waals surface area contributed by atoms with E-state index in [1.807, 2.05) is 18.0 Å². The smallest absolute Gasteiger partial charge is 0.228 e. The van der Waals surface area contributed by atoms with Gasteiger partial charge in [-0.25, -0.2) is 9.37 Å². The maximum atomic E-state index is 13.4. The molecule has 4 rings (SSSR count). The van der Waals surface area contributed by atoms with E-state index in [-0.39, 0.29) is 23.6 Å². The summed E-state index contributed by atoms with van der Waals surface area (Å²) >= 11 is 0. The van der Waals surface area contributed by atoms with E-state index in [0.717, 1.165) is 5.56 Å². The summed E-state index contributed by atoms with van der Waals surface area (Å²) in [7, 11) is 1.63. The van der Waals surface area contributed by atoms with Gasteiger partial charge in [-0.2, -0.15) is 4.98 Å². The van der Waals surface area contributed by atoms with Crippen LogP contribution in [0.4, 0.5) is 16.2 Å². The van der Waals surface area contributed by atoms with Crippen LogP contribution in [0.15, 0.2) is 30.5 Å². The number of aromatic hydroxyl groups is 1. The summed E-state index contributed by atoms with van der Waals surface area (Å²) < 4.78 is 20.4. The number of fused-ring (bicyclic) bond motifs is 1. The third-order valence-electron chi connectivity index (χ3n) is 6.57. The number of aromatic nitrogens is 3. The maximum absolute atomic E-state index is 13.4. The Morgan fingerprint density at radius 1 is 1.19 bits per heavy atom. The Balaban J connectivity index is 1.71.